The number of hydrogen-bond donors (Lipinski definition) is 1. The van der Waals surface area contributed by atoms with Crippen molar-refractivity contribution in [2.75, 3.05) is 0 Å². The SMILES string of the molecule is CC(C)(C)OC(=O)N(C1CC1)C1(C(=O)O)CCCCC1. The van der Waals surface area contributed by atoms with Crippen LogP contribution in [0.2, 0.25) is 0 Å². The third-order valence-corrected chi connectivity index (χ3v) is 4.04. The smallest absolute Gasteiger partial charge is 0.411 e. The summed E-state index contributed by atoms with van der Waals surface area (Å²) < 4.78 is 5.45. The molecule has 5 nitrogen and oxygen atoms in total. The Balaban J connectivity index is 2.25. The third-order valence-electron chi connectivity index (χ3n) is 4.04. The van der Waals surface area contributed by atoms with Crippen molar-refractivity contribution in [2.45, 2.75) is 82.9 Å². The fraction of sp³-hybridized carbons (Fsp3) is 0.867. The van der Waals surface area contributed by atoms with E-state index >= 15 is 0 Å². The summed E-state index contributed by atoms with van der Waals surface area (Å²) in [6, 6.07) is 0.0408. The Hall–Kier alpha value is -1.26. The number of nitrogens with zero attached hydrogens (tertiary/aromatic N) is 1. The number of carboxylic acid groups (broad SMARTS) is 1. The van der Waals surface area contributed by atoms with E-state index in [0.717, 1.165) is 32.1 Å². The van der Waals surface area contributed by atoms with Gasteiger partial charge in [-0.3, -0.25) is 4.90 Å². The number of carbonyl (C=O) groups excluding carboxylic acids is 1. The number of ether oxygens (including phenoxy) is 1. The second-order valence-electron chi connectivity index (χ2n) is 6.98. The number of carbonyl (C=O) groups is 2. The second kappa shape index (κ2) is 5.26. The lowest BCUT2D eigenvalue weighted by Crippen LogP contribution is -2.59. The van der Waals surface area contributed by atoms with Crippen LogP contribution in [0.15, 0.2) is 0 Å². The van der Waals surface area contributed by atoms with Crippen LogP contribution in [0.25, 0.3) is 0 Å². The monoisotopic (exact) mass is 283 g/mol. The number of carboxylic acids is 1. The highest BCUT2D eigenvalue weighted by Gasteiger charge is 2.53. The molecular formula is C15H25NO4. The molecule has 0 bridgehead atoms. The Morgan fingerprint density at radius 1 is 1.15 bits per heavy atom. The third kappa shape index (κ3) is 3.07. The van der Waals surface area contributed by atoms with Gasteiger partial charge in [0.2, 0.25) is 0 Å². The van der Waals surface area contributed by atoms with Gasteiger partial charge in [-0.25, -0.2) is 9.59 Å². The van der Waals surface area contributed by atoms with Gasteiger partial charge >= 0.3 is 12.1 Å². The zero-order chi connectivity index (χ0) is 15.0. The van der Waals surface area contributed by atoms with Crippen molar-refractivity contribution in [1.29, 1.82) is 0 Å². The first-order chi connectivity index (χ1) is 9.26. The van der Waals surface area contributed by atoms with Crippen LogP contribution in [-0.4, -0.2) is 39.3 Å². The minimum atomic E-state index is -1.05. The highest BCUT2D eigenvalue weighted by molar-refractivity contribution is 5.85. The zero-order valence-electron chi connectivity index (χ0n) is 12.6. The van der Waals surface area contributed by atoms with Gasteiger partial charge in [0.1, 0.15) is 11.1 Å². The number of rotatable bonds is 3. The highest BCUT2D eigenvalue weighted by atomic mass is 16.6. The second-order valence-corrected chi connectivity index (χ2v) is 6.98. The molecule has 20 heavy (non-hydrogen) atoms. The fourth-order valence-electron chi connectivity index (χ4n) is 3.01. The van der Waals surface area contributed by atoms with Crippen LogP contribution in [0, 0.1) is 0 Å². The lowest BCUT2D eigenvalue weighted by molar-refractivity contribution is -0.154. The van der Waals surface area contributed by atoms with E-state index in [-0.39, 0.29) is 6.04 Å². The maximum absolute atomic E-state index is 12.5. The predicted molar refractivity (Wildman–Crippen MR) is 74.5 cm³/mol. The topological polar surface area (TPSA) is 66.8 Å². The molecule has 0 aromatic rings. The van der Waals surface area contributed by atoms with Crippen LogP contribution >= 0.6 is 0 Å². The van der Waals surface area contributed by atoms with Crippen LogP contribution in [0.5, 0.6) is 0 Å². The van der Waals surface area contributed by atoms with Gasteiger partial charge in [0.25, 0.3) is 0 Å². The molecule has 0 spiro atoms. The standard InChI is InChI=1S/C15H25NO4/c1-14(2,3)20-13(19)16(11-7-8-11)15(12(17)18)9-5-4-6-10-15/h11H,4-10H2,1-3H3,(H,17,18). The number of aliphatic carboxylic acids is 1. The van der Waals surface area contributed by atoms with Gasteiger partial charge < -0.3 is 9.84 Å². The van der Waals surface area contributed by atoms with E-state index in [1.807, 2.05) is 20.8 Å². The van der Waals surface area contributed by atoms with E-state index < -0.39 is 23.2 Å². The van der Waals surface area contributed by atoms with Crippen molar-refractivity contribution in [3.8, 4) is 0 Å². The van der Waals surface area contributed by atoms with Crippen LogP contribution in [-0.2, 0) is 9.53 Å². The molecule has 2 aliphatic rings. The van der Waals surface area contributed by atoms with Gasteiger partial charge in [0, 0.05) is 6.04 Å². The summed E-state index contributed by atoms with van der Waals surface area (Å²) in [5.41, 5.74) is -1.65. The van der Waals surface area contributed by atoms with Crippen LogP contribution in [0.1, 0.15) is 65.7 Å². The zero-order valence-corrected chi connectivity index (χ0v) is 12.6. The number of amides is 1. The summed E-state index contributed by atoms with van der Waals surface area (Å²) >= 11 is 0. The van der Waals surface area contributed by atoms with Crippen molar-refractivity contribution in [3.63, 3.8) is 0 Å². The molecule has 0 radical (unpaired) electrons. The Morgan fingerprint density at radius 3 is 2.10 bits per heavy atom. The molecule has 114 valence electrons. The van der Waals surface area contributed by atoms with E-state index in [4.69, 9.17) is 4.74 Å². The van der Waals surface area contributed by atoms with Crippen molar-refractivity contribution in [2.24, 2.45) is 0 Å². The summed E-state index contributed by atoms with van der Waals surface area (Å²) in [6.45, 7) is 5.43. The van der Waals surface area contributed by atoms with Gasteiger partial charge in [-0.15, -0.1) is 0 Å². The molecule has 0 aromatic carbocycles. The van der Waals surface area contributed by atoms with E-state index in [2.05, 4.69) is 0 Å². The summed E-state index contributed by atoms with van der Waals surface area (Å²) in [4.78, 5) is 25.9. The van der Waals surface area contributed by atoms with Gasteiger partial charge in [-0.2, -0.15) is 0 Å². The lowest BCUT2D eigenvalue weighted by Gasteiger charge is -2.43. The first-order valence-corrected chi connectivity index (χ1v) is 7.52. The van der Waals surface area contributed by atoms with Gasteiger partial charge in [0.05, 0.1) is 0 Å². The molecule has 2 aliphatic carbocycles. The Bertz CT molecular complexity index is 389. The van der Waals surface area contributed by atoms with Crippen molar-refractivity contribution >= 4 is 12.1 Å². The summed E-state index contributed by atoms with van der Waals surface area (Å²) in [5, 5.41) is 9.73. The molecule has 0 aliphatic heterocycles. The molecule has 0 atom stereocenters. The normalized spacial score (nSPS) is 22.1. The average Bonchev–Trinajstić information content (AvgIpc) is 3.12. The van der Waals surface area contributed by atoms with Gasteiger partial charge in [-0.1, -0.05) is 19.3 Å². The Labute approximate surface area is 120 Å². The van der Waals surface area contributed by atoms with Gasteiger partial charge in [-0.05, 0) is 46.5 Å². The predicted octanol–water partition coefficient (Wildman–Crippen LogP) is 3.17. The molecule has 0 unspecified atom stereocenters. The molecule has 1 N–H and O–H groups in total. The first-order valence-electron chi connectivity index (χ1n) is 7.52. The molecule has 0 aromatic heterocycles. The first kappa shape index (κ1) is 15.1. The Morgan fingerprint density at radius 2 is 1.70 bits per heavy atom. The fourth-order valence-corrected chi connectivity index (χ4v) is 3.01. The van der Waals surface area contributed by atoms with E-state index in [1.165, 1.54) is 0 Å². The molecule has 1 amide bonds. The molecule has 2 rings (SSSR count). The van der Waals surface area contributed by atoms with E-state index in [0.29, 0.717) is 12.8 Å². The minimum Gasteiger partial charge on any atom is -0.479 e. The number of hydrogen-bond acceptors (Lipinski definition) is 3. The van der Waals surface area contributed by atoms with Crippen molar-refractivity contribution < 1.29 is 19.4 Å². The maximum atomic E-state index is 12.5. The van der Waals surface area contributed by atoms with Crippen LogP contribution in [0.3, 0.4) is 0 Å². The molecular weight excluding hydrogens is 258 g/mol. The minimum absolute atomic E-state index is 0.0408. The van der Waals surface area contributed by atoms with Crippen LogP contribution < -0.4 is 0 Å². The van der Waals surface area contributed by atoms with Crippen molar-refractivity contribution in [3.05, 3.63) is 0 Å². The van der Waals surface area contributed by atoms with Crippen LogP contribution in [0.4, 0.5) is 4.79 Å². The molecule has 0 heterocycles. The largest absolute Gasteiger partial charge is 0.479 e. The molecule has 2 fully saturated rings. The van der Waals surface area contributed by atoms with E-state index in [9.17, 15) is 14.7 Å². The summed E-state index contributed by atoms with van der Waals surface area (Å²) in [7, 11) is 0. The molecule has 2 saturated carbocycles. The summed E-state index contributed by atoms with van der Waals surface area (Å²) in [5.74, 6) is -0.880. The highest BCUT2D eigenvalue weighted by Crippen LogP contribution is 2.42. The summed E-state index contributed by atoms with van der Waals surface area (Å²) in [6.07, 6.45) is 5.14. The van der Waals surface area contributed by atoms with E-state index in [1.54, 1.807) is 4.90 Å². The van der Waals surface area contributed by atoms with Gasteiger partial charge in [0.15, 0.2) is 0 Å². The molecule has 0 saturated heterocycles. The maximum Gasteiger partial charge on any atom is 0.411 e. The average molecular weight is 283 g/mol. The Kier molecular flexibility index (Phi) is 3.98. The molecule has 5 heteroatoms. The lowest BCUT2D eigenvalue weighted by atomic mass is 9.80. The van der Waals surface area contributed by atoms with Crippen molar-refractivity contribution in [1.82, 2.24) is 4.90 Å². The quantitative estimate of drug-likeness (QED) is 0.864.